The minimum absolute atomic E-state index is 0.0323. The predicted molar refractivity (Wildman–Crippen MR) is 334 cm³/mol. The molecule has 0 saturated heterocycles. The van der Waals surface area contributed by atoms with Crippen molar-refractivity contribution in [3.8, 4) is 22.3 Å². The number of nitrogens with zero attached hydrogens (tertiary/aromatic N) is 13. The molecule has 20 nitrogen and oxygen atoms in total. The molecular weight excluding hydrogens is 1090 g/mol. The van der Waals surface area contributed by atoms with Gasteiger partial charge in [-0.25, -0.2) is 33.0 Å². The number of carbonyl (C=O) groups is 4. The number of rotatable bonds is 14. The summed E-state index contributed by atoms with van der Waals surface area (Å²) in [6.45, 7) is 13.0. The maximum Gasteiger partial charge on any atom is 0.356 e. The Labute approximate surface area is 480 Å². The normalized spacial score (nSPS) is 13.5. The molecule has 0 atom stereocenters. The Bertz CT molecular complexity index is 2850. The molecule has 2 aliphatic rings. The van der Waals surface area contributed by atoms with Gasteiger partial charge in [-0.15, -0.1) is 0 Å². The van der Waals surface area contributed by atoms with Crippen LogP contribution in [0.5, 0.6) is 0 Å². The zero-order chi connectivity index (χ0) is 61.6. The molecule has 0 radical (unpaired) electrons. The second-order valence-corrected chi connectivity index (χ2v) is 37.5. The Morgan fingerprint density at radius 3 is 1.04 bits per heavy atom. The highest BCUT2D eigenvalue weighted by atomic mass is 31.2. The summed E-state index contributed by atoms with van der Waals surface area (Å²) in [4.78, 5) is 45.7. The molecule has 2 N–H and O–H groups in total. The zero-order valence-corrected chi connectivity index (χ0v) is 56.3. The van der Waals surface area contributed by atoms with E-state index in [4.69, 9.17) is 18.9 Å². The third-order valence-electron chi connectivity index (χ3n) is 12.7. The first-order valence-electron chi connectivity index (χ1n) is 26.0. The maximum absolute atomic E-state index is 12.1. The molecule has 4 aromatic carbocycles. The van der Waals surface area contributed by atoms with Gasteiger partial charge < -0.3 is 15.0 Å². The van der Waals surface area contributed by atoms with Gasteiger partial charge in [-0.1, -0.05) is 66.7 Å². The van der Waals surface area contributed by atoms with E-state index < -0.39 is 42.0 Å². The molecule has 6 rings (SSSR count). The fourth-order valence-corrected chi connectivity index (χ4v) is 27.1. The topological polar surface area (TPSA) is 195 Å². The molecule has 4 aromatic rings. The number of aromatic carboxylic acids is 2. The van der Waals surface area contributed by atoms with Crippen molar-refractivity contribution < 1.29 is 34.1 Å². The van der Waals surface area contributed by atoms with Crippen LogP contribution in [0, 0.1) is 0 Å². The summed E-state index contributed by atoms with van der Waals surface area (Å²) in [6, 6.07) is 23.7. The molecule has 24 heteroatoms. The predicted octanol–water partition coefficient (Wildman–Crippen LogP) is 8.91. The smallest absolute Gasteiger partial charge is 0.356 e. The first-order valence-corrected chi connectivity index (χ1v) is 32.5. The minimum Gasteiger partial charge on any atom is -0.545 e. The van der Waals surface area contributed by atoms with E-state index in [1.807, 2.05) is 24.3 Å². The third-order valence-corrected chi connectivity index (χ3v) is 29.3. The van der Waals surface area contributed by atoms with Crippen molar-refractivity contribution in [1.29, 1.82) is 0 Å². The fourth-order valence-electron chi connectivity index (χ4n) is 9.58. The van der Waals surface area contributed by atoms with Gasteiger partial charge >= 0.3 is 13.5 Å². The molecular formula is C56H94N14O6P4. The molecule has 2 aliphatic carbocycles. The zero-order valence-electron chi connectivity index (χ0n) is 52.7. The number of carboxylic acid groups (broad SMARTS) is 2. The molecule has 0 fully saturated rings. The van der Waals surface area contributed by atoms with Crippen molar-refractivity contribution in [2.45, 2.75) is 52.6 Å². The molecule has 0 aromatic heterocycles. The van der Waals surface area contributed by atoms with Crippen molar-refractivity contribution in [3.63, 3.8) is 0 Å². The second-order valence-electron chi connectivity index (χ2n) is 23.3. The van der Waals surface area contributed by atoms with Gasteiger partial charge in [-0.3, -0.25) is 37.6 Å². The Balaban J connectivity index is 0.000000282. The summed E-state index contributed by atoms with van der Waals surface area (Å²) in [7, 11) is 33.8. The van der Waals surface area contributed by atoms with Crippen molar-refractivity contribution >= 4 is 53.5 Å². The Morgan fingerprint density at radius 1 is 0.438 bits per heavy atom. The van der Waals surface area contributed by atoms with Crippen LogP contribution in [-0.2, 0) is 0 Å². The van der Waals surface area contributed by atoms with E-state index in [9.17, 15) is 24.3 Å². The maximum atomic E-state index is 12.1. The van der Waals surface area contributed by atoms with E-state index >= 15 is 0 Å². The molecule has 0 amide bonds. The number of ketones is 2. The average molecular weight is 1180 g/mol. The lowest BCUT2D eigenvalue weighted by Crippen LogP contribution is -2.81. The first kappa shape index (κ1) is 69.9. The van der Waals surface area contributed by atoms with E-state index in [0.29, 0.717) is 22.3 Å². The summed E-state index contributed by atoms with van der Waals surface area (Å²) < 4.78 is 42.5. The monoisotopic (exact) mass is 1180 g/mol. The van der Waals surface area contributed by atoms with Crippen LogP contribution in [0.15, 0.2) is 98.7 Å². The SMILES string of the molecule is CN(C)P(=NC(C)(C)C)(N=P(N(C)C)(N(C)C)N(C)C)N(C)C.CN(C)P(=NP(=[NH+]C(C)(C)C)(N(C)C)N(C)C)(N(C)C)N(C)C.O=C(O)c1ccc2c(c1)C(=O)c1ccccc1-2.O=C([O-])c1ccc2c(c1)C(=O)c1ccccc1-2. The molecule has 0 heterocycles. The van der Waals surface area contributed by atoms with Crippen LogP contribution in [0.1, 0.15) is 94.1 Å². The van der Waals surface area contributed by atoms with Crippen LogP contribution < -0.4 is 9.85 Å². The lowest BCUT2D eigenvalue weighted by molar-refractivity contribution is -0.524. The number of hydrogen-bond acceptors (Lipinski definition) is 6. The highest BCUT2D eigenvalue weighted by Gasteiger charge is 2.42. The summed E-state index contributed by atoms with van der Waals surface area (Å²) in [5.41, 5.74) is 5.50. The van der Waals surface area contributed by atoms with Gasteiger partial charge in [0.1, 0.15) is 0 Å². The Hall–Kier alpha value is -4.32. The number of benzene rings is 4. The molecule has 0 unspecified atom stereocenters. The number of carbonyl (C=O) groups excluding carboxylic acids is 3. The third kappa shape index (κ3) is 15.3. The van der Waals surface area contributed by atoms with Crippen LogP contribution in [0.3, 0.4) is 0 Å². The van der Waals surface area contributed by atoms with Gasteiger partial charge in [0.25, 0.3) is 0 Å². The molecule has 0 saturated carbocycles. The number of nitrogens with one attached hydrogen (secondary N) is 1. The Kier molecular flexibility index (Phi) is 23.9. The Morgan fingerprint density at radius 2 is 0.750 bits per heavy atom. The van der Waals surface area contributed by atoms with Crippen molar-refractivity contribution in [3.05, 3.63) is 118 Å². The number of hydrogen-bond donors (Lipinski definition) is 2. The van der Waals surface area contributed by atoms with Gasteiger partial charge in [0.15, 0.2) is 32.1 Å². The number of fused-ring (bicyclic) bond motifs is 6. The summed E-state index contributed by atoms with van der Waals surface area (Å²) in [6.07, 6.45) is 0. The van der Waals surface area contributed by atoms with Gasteiger partial charge in [0, 0.05) is 22.3 Å². The van der Waals surface area contributed by atoms with E-state index in [0.717, 1.165) is 22.3 Å². The largest absolute Gasteiger partial charge is 0.545 e. The lowest BCUT2D eigenvalue weighted by atomic mass is 10.0. The molecule has 80 heavy (non-hydrogen) atoms. The van der Waals surface area contributed by atoms with Crippen molar-refractivity contribution in [2.75, 3.05) is 141 Å². The van der Waals surface area contributed by atoms with Crippen molar-refractivity contribution in [2.24, 2.45) is 13.8 Å². The second kappa shape index (κ2) is 27.4. The molecule has 0 spiro atoms. The minimum atomic E-state index is -2.20. The highest BCUT2D eigenvalue weighted by Crippen LogP contribution is 2.69. The van der Waals surface area contributed by atoms with Gasteiger partial charge in [-0.2, -0.15) is 9.03 Å². The van der Waals surface area contributed by atoms with E-state index in [1.54, 1.807) is 36.4 Å². The van der Waals surface area contributed by atoms with Crippen LogP contribution >= 0.6 is 30.0 Å². The lowest BCUT2D eigenvalue weighted by Gasteiger charge is -2.45. The summed E-state index contributed by atoms with van der Waals surface area (Å²) in [5.74, 6) is -2.51. The van der Waals surface area contributed by atoms with E-state index in [2.05, 4.69) is 234 Å². The quantitative estimate of drug-likeness (QED) is 0.0981. The summed E-state index contributed by atoms with van der Waals surface area (Å²) in [5, 5.41) is 19.7. The first-order chi connectivity index (χ1) is 36.6. The average Bonchev–Trinajstić information content (AvgIpc) is 3.79. The molecule has 444 valence electrons. The van der Waals surface area contributed by atoms with Gasteiger partial charge in [0.05, 0.1) is 17.1 Å². The van der Waals surface area contributed by atoms with E-state index in [1.165, 1.54) is 24.3 Å². The van der Waals surface area contributed by atoms with E-state index in [-0.39, 0.29) is 33.8 Å². The molecule has 0 bridgehead atoms. The van der Waals surface area contributed by atoms with Crippen LogP contribution in [0.4, 0.5) is 0 Å². The van der Waals surface area contributed by atoms with Crippen LogP contribution in [-0.4, -0.2) is 227 Å². The summed E-state index contributed by atoms with van der Waals surface area (Å²) >= 11 is 0. The number of carboxylic acids is 2. The van der Waals surface area contributed by atoms with Crippen LogP contribution in [0.25, 0.3) is 22.3 Å². The molecule has 0 aliphatic heterocycles. The van der Waals surface area contributed by atoms with Gasteiger partial charge in [-0.05, 0) is 229 Å². The highest BCUT2D eigenvalue weighted by molar-refractivity contribution is 7.71. The standard InChI is InChI=1S/2C14H39N7P2.2C14H8O3/c2*1-14(2,3)15-22(17(4)5,18(6)7)16-23(19(8)9,20(10)11)21(12)13;2*15-13-11-4-2-1-3-9(11)10-6-5-8(14(16)17)7-12(10)13/h2*1-13H3;2*1-7H,(H,16,17). The van der Waals surface area contributed by atoms with Gasteiger partial charge in [0.2, 0.25) is 7.51 Å². The van der Waals surface area contributed by atoms with Crippen LogP contribution in [0.2, 0.25) is 0 Å². The van der Waals surface area contributed by atoms with Crippen molar-refractivity contribution in [1.82, 2.24) is 46.7 Å². The fraction of sp³-hybridized carbons (Fsp3) is 0.500.